The van der Waals surface area contributed by atoms with Crippen molar-refractivity contribution in [3.05, 3.63) is 27.8 Å². The molecule has 0 radical (unpaired) electrons. The van der Waals surface area contributed by atoms with Crippen LogP contribution in [0.15, 0.2) is 10.7 Å². The van der Waals surface area contributed by atoms with Crippen LogP contribution in [0, 0.1) is 6.92 Å². The minimum absolute atomic E-state index is 0.141. The van der Waals surface area contributed by atoms with Crippen LogP contribution in [-0.2, 0) is 18.3 Å². The molecule has 0 bridgehead atoms. The molecule has 0 aliphatic rings. The quantitative estimate of drug-likeness (QED) is 0.851. The van der Waals surface area contributed by atoms with Gasteiger partial charge in [0.05, 0.1) is 34.7 Å². The van der Waals surface area contributed by atoms with Gasteiger partial charge in [0.25, 0.3) is 0 Å². The molecule has 0 aliphatic heterocycles. The molecule has 20 heavy (non-hydrogen) atoms. The minimum Gasteiger partial charge on any atom is -0.461 e. The molecule has 8 heteroatoms. The Morgan fingerprint density at radius 1 is 1.50 bits per heavy atom. The number of nitrogens with two attached hydrogens (primary N) is 1. The van der Waals surface area contributed by atoms with Gasteiger partial charge in [-0.3, -0.25) is 9.36 Å². The van der Waals surface area contributed by atoms with Crippen LogP contribution in [-0.4, -0.2) is 32.1 Å². The summed E-state index contributed by atoms with van der Waals surface area (Å²) in [5.74, 6) is -0.510. The monoisotopic (exact) mass is 341 g/mol. The first-order valence-electron chi connectivity index (χ1n) is 6.12. The number of carbonyl (C=O) groups excluding carboxylic acids is 1. The van der Waals surface area contributed by atoms with Crippen molar-refractivity contribution in [3.63, 3.8) is 0 Å². The van der Waals surface area contributed by atoms with Gasteiger partial charge in [0, 0.05) is 13.2 Å². The lowest BCUT2D eigenvalue weighted by Crippen LogP contribution is -2.10. The van der Waals surface area contributed by atoms with Gasteiger partial charge in [-0.1, -0.05) is 0 Å². The highest BCUT2D eigenvalue weighted by Crippen LogP contribution is 2.21. The molecule has 108 valence electrons. The molecular formula is C12H16BrN5O2. The van der Waals surface area contributed by atoms with Gasteiger partial charge < -0.3 is 10.5 Å². The van der Waals surface area contributed by atoms with E-state index in [0.29, 0.717) is 12.2 Å². The second kappa shape index (κ2) is 5.66. The summed E-state index contributed by atoms with van der Waals surface area (Å²) < 4.78 is 9.19. The number of hydrogen-bond donors (Lipinski definition) is 1. The van der Waals surface area contributed by atoms with Gasteiger partial charge in [0.15, 0.2) is 5.69 Å². The molecule has 0 atom stereocenters. The molecule has 0 spiro atoms. The van der Waals surface area contributed by atoms with Crippen molar-refractivity contribution in [2.45, 2.75) is 20.4 Å². The highest BCUT2D eigenvalue weighted by Gasteiger charge is 2.18. The average molecular weight is 342 g/mol. The molecule has 0 aromatic carbocycles. The van der Waals surface area contributed by atoms with E-state index in [2.05, 4.69) is 26.1 Å². The van der Waals surface area contributed by atoms with Crippen molar-refractivity contribution < 1.29 is 9.53 Å². The van der Waals surface area contributed by atoms with Crippen molar-refractivity contribution >= 4 is 27.6 Å². The number of aromatic nitrogens is 4. The van der Waals surface area contributed by atoms with Crippen LogP contribution in [0.4, 0.5) is 5.69 Å². The number of rotatable bonds is 4. The second-order valence-corrected chi connectivity index (χ2v) is 5.11. The third-order valence-corrected chi connectivity index (χ3v) is 3.86. The molecule has 0 unspecified atom stereocenters. The van der Waals surface area contributed by atoms with Crippen molar-refractivity contribution in [1.82, 2.24) is 19.6 Å². The molecule has 0 amide bonds. The van der Waals surface area contributed by atoms with Crippen LogP contribution in [0.5, 0.6) is 0 Å². The molecule has 2 N–H and O–H groups in total. The van der Waals surface area contributed by atoms with Crippen LogP contribution in [0.25, 0.3) is 0 Å². The predicted molar refractivity (Wildman–Crippen MR) is 77.3 cm³/mol. The fourth-order valence-corrected chi connectivity index (χ4v) is 2.34. The van der Waals surface area contributed by atoms with Gasteiger partial charge in [-0.25, -0.2) is 4.79 Å². The van der Waals surface area contributed by atoms with E-state index >= 15 is 0 Å². The average Bonchev–Trinajstić information content (AvgIpc) is 2.86. The Hall–Kier alpha value is -1.83. The van der Waals surface area contributed by atoms with Crippen molar-refractivity contribution in [1.29, 1.82) is 0 Å². The number of carbonyl (C=O) groups is 1. The maximum absolute atomic E-state index is 11.7. The number of anilines is 1. The summed E-state index contributed by atoms with van der Waals surface area (Å²) in [6, 6.07) is 0. The number of hydrogen-bond acceptors (Lipinski definition) is 5. The zero-order valence-electron chi connectivity index (χ0n) is 11.6. The number of nitrogens with zero attached hydrogens (tertiary/aromatic N) is 4. The third-order valence-electron chi connectivity index (χ3n) is 2.83. The van der Waals surface area contributed by atoms with E-state index in [1.165, 1.54) is 0 Å². The highest BCUT2D eigenvalue weighted by molar-refractivity contribution is 9.10. The lowest BCUT2D eigenvalue weighted by molar-refractivity contribution is 0.0519. The summed E-state index contributed by atoms with van der Waals surface area (Å²) in [5, 5.41) is 8.48. The zero-order valence-corrected chi connectivity index (χ0v) is 13.1. The Morgan fingerprint density at radius 3 is 2.75 bits per heavy atom. The van der Waals surface area contributed by atoms with Crippen LogP contribution in [0.2, 0.25) is 0 Å². The summed E-state index contributed by atoms with van der Waals surface area (Å²) >= 11 is 3.49. The molecule has 2 heterocycles. The van der Waals surface area contributed by atoms with Gasteiger partial charge in [-0.2, -0.15) is 10.2 Å². The van der Waals surface area contributed by atoms with E-state index in [9.17, 15) is 4.79 Å². The van der Waals surface area contributed by atoms with E-state index in [1.807, 2.05) is 14.0 Å². The summed E-state index contributed by atoms with van der Waals surface area (Å²) in [6.07, 6.45) is 1.61. The Bertz CT molecular complexity index is 647. The minimum atomic E-state index is -0.510. The van der Waals surface area contributed by atoms with Crippen molar-refractivity contribution in [2.24, 2.45) is 7.05 Å². The summed E-state index contributed by atoms with van der Waals surface area (Å²) in [4.78, 5) is 11.7. The molecule has 2 rings (SSSR count). The van der Waals surface area contributed by atoms with Gasteiger partial charge in [0.2, 0.25) is 0 Å². The van der Waals surface area contributed by atoms with Gasteiger partial charge in [-0.05, 0) is 29.8 Å². The fourth-order valence-electron chi connectivity index (χ4n) is 1.88. The molecule has 7 nitrogen and oxygen atoms in total. The van der Waals surface area contributed by atoms with Crippen molar-refractivity contribution in [3.8, 4) is 0 Å². The SMILES string of the molecule is CCOC(=O)c1nn(Cc2c(Br)c(C)nn2C)cc1N. The summed E-state index contributed by atoms with van der Waals surface area (Å²) in [7, 11) is 1.85. The van der Waals surface area contributed by atoms with Crippen LogP contribution in [0.3, 0.4) is 0 Å². The predicted octanol–water partition coefficient (Wildman–Crippen LogP) is 1.49. The van der Waals surface area contributed by atoms with E-state index in [0.717, 1.165) is 15.9 Å². The second-order valence-electron chi connectivity index (χ2n) is 4.32. The highest BCUT2D eigenvalue weighted by atomic mass is 79.9. The van der Waals surface area contributed by atoms with Gasteiger partial charge >= 0.3 is 5.97 Å². The van der Waals surface area contributed by atoms with Gasteiger partial charge in [-0.15, -0.1) is 0 Å². The molecule has 2 aromatic heterocycles. The lowest BCUT2D eigenvalue weighted by atomic mass is 10.3. The number of nitrogen functional groups attached to an aromatic ring is 1. The van der Waals surface area contributed by atoms with Gasteiger partial charge in [0.1, 0.15) is 0 Å². The topological polar surface area (TPSA) is 88.0 Å². The largest absolute Gasteiger partial charge is 0.461 e. The maximum Gasteiger partial charge on any atom is 0.361 e. The molecule has 2 aromatic rings. The van der Waals surface area contributed by atoms with E-state index in [-0.39, 0.29) is 12.3 Å². The summed E-state index contributed by atoms with van der Waals surface area (Å²) in [6.45, 7) is 4.40. The number of aryl methyl sites for hydroxylation is 2. The first-order valence-corrected chi connectivity index (χ1v) is 6.91. The molecule has 0 fully saturated rings. The molecule has 0 saturated heterocycles. The Balaban J connectivity index is 2.27. The van der Waals surface area contributed by atoms with Crippen LogP contribution < -0.4 is 5.73 Å². The smallest absolute Gasteiger partial charge is 0.361 e. The van der Waals surface area contributed by atoms with Crippen LogP contribution >= 0.6 is 15.9 Å². The maximum atomic E-state index is 11.7. The van der Waals surface area contributed by atoms with Crippen LogP contribution in [0.1, 0.15) is 28.8 Å². The Morgan fingerprint density at radius 2 is 2.20 bits per heavy atom. The molecule has 0 aliphatic carbocycles. The van der Waals surface area contributed by atoms with E-state index in [4.69, 9.17) is 10.5 Å². The fraction of sp³-hybridized carbons (Fsp3) is 0.417. The van der Waals surface area contributed by atoms with Crippen molar-refractivity contribution in [2.75, 3.05) is 12.3 Å². The lowest BCUT2D eigenvalue weighted by Gasteiger charge is -2.03. The Kier molecular flexibility index (Phi) is 4.12. The zero-order chi connectivity index (χ0) is 14.9. The first kappa shape index (κ1) is 14.6. The number of esters is 1. The molecule has 0 saturated carbocycles. The van der Waals surface area contributed by atoms with E-state index in [1.54, 1.807) is 22.5 Å². The van der Waals surface area contributed by atoms with E-state index < -0.39 is 5.97 Å². The Labute approximate surface area is 124 Å². The normalized spacial score (nSPS) is 10.8. The number of halogens is 1. The standard InChI is InChI=1S/C12H16BrN5O2/c1-4-20-12(19)11-8(14)5-18(16-11)6-9-10(13)7(2)15-17(9)3/h5H,4,6,14H2,1-3H3. The third kappa shape index (κ3) is 2.69. The summed E-state index contributed by atoms with van der Waals surface area (Å²) in [5.41, 5.74) is 8.08. The molecular weight excluding hydrogens is 326 g/mol. The number of ether oxygens (including phenoxy) is 1. The first-order chi connectivity index (χ1) is 9.43.